The lowest BCUT2D eigenvalue weighted by molar-refractivity contribution is 0.202. The van der Waals surface area contributed by atoms with E-state index in [1.165, 1.54) is 31.3 Å². The van der Waals surface area contributed by atoms with Crippen molar-refractivity contribution in [2.24, 2.45) is 17.8 Å². The minimum atomic E-state index is -1.45. The van der Waals surface area contributed by atoms with Crippen molar-refractivity contribution in [3.8, 4) is 0 Å². The third kappa shape index (κ3) is 3.35. The third-order valence-electron chi connectivity index (χ3n) is 4.09. The molecule has 3 unspecified atom stereocenters. The molecule has 2 fully saturated rings. The van der Waals surface area contributed by atoms with Crippen molar-refractivity contribution >= 4 is 8.32 Å². The van der Waals surface area contributed by atoms with Gasteiger partial charge in [-0.2, -0.15) is 0 Å². The van der Waals surface area contributed by atoms with E-state index in [2.05, 4.69) is 19.6 Å². The van der Waals surface area contributed by atoms with Crippen LogP contribution in [0, 0.1) is 17.8 Å². The Kier molecular flexibility index (Phi) is 3.98. The van der Waals surface area contributed by atoms with Gasteiger partial charge in [0.15, 0.2) is 0 Å². The van der Waals surface area contributed by atoms with Gasteiger partial charge in [-0.1, -0.05) is 6.42 Å². The summed E-state index contributed by atoms with van der Waals surface area (Å²) in [7, 11) is 0.334. The third-order valence-corrected chi connectivity index (χ3v) is 4.91. The van der Waals surface area contributed by atoms with Crippen molar-refractivity contribution in [3.63, 3.8) is 0 Å². The quantitative estimate of drug-likeness (QED) is 0.549. The summed E-state index contributed by atoms with van der Waals surface area (Å²) in [5.74, 6) is 2.63. The fourth-order valence-electron chi connectivity index (χ4n) is 3.35. The van der Waals surface area contributed by atoms with Crippen molar-refractivity contribution in [3.05, 3.63) is 11.8 Å². The van der Waals surface area contributed by atoms with Gasteiger partial charge in [-0.3, -0.25) is 0 Å². The number of hydrogen-bond donors (Lipinski definition) is 0. The van der Waals surface area contributed by atoms with Gasteiger partial charge in [0, 0.05) is 7.11 Å². The summed E-state index contributed by atoms with van der Waals surface area (Å²) in [6.07, 6.45) is 7.73. The maximum Gasteiger partial charge on any atom is 0.241 e. The van der Waals surface area contributed by atoms with E-state index in [1.54, 1.807) is 7.11 Å². The van der Waals surface area contributed by atoms with E-state index in [-0.39, 0.29) is 0 Å². The zero-order valence-corrected chi connectivity index (χ0v) is 12.7. The van der Waals surface area contributed by atoms with E-state index in [9.17, 15) is 0 Å². The van der Waals surface area contributed by atoms with Gasteiger partial charge in [0.25, 0.3) is 0 Å². The van der Waals surface area contributed by atoms with Crippen LogP contribution in [0.2, 0.25) is 19.6 Å². The molecule has 2 aliphatic rings. The van der Waals surface area contributed by atoms with Crippen LogP contribution in [-0.2, 0) is 9.16 Å². The van der Waals surface area contributed by atoms with Gasteiger partial charge in [-0.15, -0.1) is 0 Å². The molecule has 3 heteroatoms. The van der Waals surface area contributed by atoms with Crippen LogP contribution in [-0.4, -0.2) is 22.0 Å². The predicted molar refractivity (Wildman–Crippen MR) is 73.3 cm³/mol. The highest BCUT2D eigenvalue weighted by atomic mass is 28.4. The average Bonchev–Trinajstić information content (AvgIpc) is 2.84. The second-order valence-corrected chi connectivity index (χ2v) is 11.1. The molecule has 0 aromatic rings. The van der Waals surface area contributed by atoms with Gasteiger partial charge >= 0.3 is 0 Å². The molecule has 2 aliphatic carbocycles. The van der Waals surface area contributed by atoms with Crippen molar-refractivity contribution in [1.82, 2.24) is 0 Å². The fourth-order valence-corrected chi connectivity index (χ4v) is 3.85. The first kappa shape index (κ1) is 13.2. The van der Waals surface area contributed by atoms with Crippen molar-refractivity contribution < 1.29 is 9.16 Å². The van der Waals surface area contributed by atoms with Crippen LogP contribution in [0.4, 0.5) is 0 Å². The van der Waals surface area contributed by atoms with E-state index in [4.69, 9.17) is 9.16 Å². The zero-order valence-electron chi connectivity index (χ0n) is 11.7. The van der Waals surface area contributed by atoms with Gasteiger partial charge < -0.3 is 9.16 Å². The smallest absolute Gasteiger partial charge is 0.241 e. The Hall–Kier alpha value is -0.283. The Morgan fingerprint density at radius 2 is 2.00 bits per heavy atom. The van der Waals surface area contributed by atoms with Crippen molar-refractivity contribution in [2.45, 2.75) is 45.3 Å². The molecule has 0 spiro atoms. The molecule has 0 radical (unpaired) electrons. The lowest BCUT2D eigenvalue weighted by Crippen LogP contribution is -2.24. The summed E-state index contributed by atoms with van der Waals surface area (Å²) in [5.41, 5.74) is 1.40. The zero-order chi connectivity index (χ0) is 12.5. The average molecular weight is 254 g/mol. The summed E-state index contributed by atoms with van der Waals surface area (Å²) >= 11 is 0. The lowest BCUT2D eigenvalue weighted by atomic mass is 9.84. The fraction of sp³-hybridized carbons (Fsp3) is 0.857. The molecule has 0 aliphatic heterocycles. The van der Waals surface area contributed by atoms with Crippen LogP contribution in [0.3, 0.4) is 0 Å². The summed E-state index contributed by atoms with van der Waals surface area (Å²) in [5, 5.41) is 0. The van der Waals surface area contributed by atoms with E-state index < -0.39 is 8.32 Å². The first-order valence-electron chi connectivity index (χ1n) is 6.85. The number of rotatable bonds is 5. The SMILES string of the molecule is COCC(=CO[Si](C)(C)C)C1CC2CCC1C2. The molecular weight excluding hydrogens is 228 g/mol. The van der Waals surface area contributed by atoms with Crippen LogP contribution in [0.1, 0.15) is 25.7 Å². The standard InChI is InChI=1S/C14H26O2Si/c1-15-9-13(10-16-17(2,3)4)14-8-11-5-6-12(14)7-11/h10-12,14H,5-9H2,1-4H3. The van der Waals surface area contributed by atoms with Crippen LogP contribution < -0.4 is 0 Å². The van der Waals surface area contributed by atoms with Crippen LogP contribution in [0.25, 0.3) is 0 Å². The van der Waals surface area contributed by atoms with Crippen LogP contribution >= 0.6 is 0 Å². The van der Waals surface area contributed by atoms with E-state index in [0.717, 1.165) is 24.4 Å². The Balaban J connectivity index is 2.02. The molecule has 98 valence electrons. The summed E-state index contributed by atoms with van der Waals surface area (Å²) < 4.78 is 11.3. The highest BCUT2D eigenvalue weighted by Gasteiger charge is 2.41. The second-order valence-electron chi connectivity index (χ2n) is 6.64. The Morgan fingerprint density at radius 3 is 2.47 bits per heavy atom. The topological polar surface area (TPSA) is 18.5 Å². The Labute approximate surface area is 107 Å². The number of hydrogen-bond acceptors (Lipinski definition) is 2. The monoisotopic (exact) mass is 254 g/mol. The molecule has 3 atom stereocenters. The van der Waals surface area contributed by atoms with Crippen LogP contribution in [0.15, 0.2) is 11.8 Å². The molecular formula is C14H26O2Si. The minimum Gasteiger partial charge on any atom is -0.550 e. The largest absolute Gasteiger partial charge is 0.550 e. The Morgan fingerprint density at radius 1 is 1.24 bits per heavy atom. The lowest BCUT2D eigenvalue weighted by Gasteiger charge is -2.25. The van der Waals surface area contributed by atoms with Crippen molar-refractivity contribution in [1.29, 1.82) is 0 Å². The summed E-state index contributed by atoms with van der Waals surface area (Å²) in [6.45, 7) is 7.44. The number of fused-ring (bicyclic) bond motifs is 2. The summed E-state index contributed by atoms with van der Waals surface area (Å²) in [6, 6.07) is 0. The van der Waals surface area contributed by atoms with Crippen LogP contribution in [0.5, 0.6) is 0 Å². The number of methoxy groups -OCH3 is 1. The molecule has 0 amide bonds. The minimum absolute atomic E-state index is 0.741. The molecule has 17 heavy (non-hydrogen) atoms. The van der Waals surface area contributed by atoms with Gasteiger partial charge in [0.05, 0.1) is 12.9 Å². The molecule has 2 saturated carbocycles. The van der Waals surface area contributed by atoms with E-state index in [0.29, 0.717) is 0 Å². The van der Waals surface area contributed by atoms with Gasteiger partial charge in [-0.25, -0.2) is 0 Å². The maximum atomic E-state index is 5.96. The molecule has 2 rings (SSSR count). The molecule has 2 bridgehead atoms. The van der Waals surface area contributed by atoms with Crippen molar-refractivity contribution in [2.75, 3.05) is 13.7 Å². The number of ether oxygens (including phenoxy) is 1. The van der Waals surface area contributed by atoms with Gasteiger partial charge in [0.1, 0.15) is 0 Å². The predicted octanol–water partition coefficient (Wildman–Crippen LogP) is 3.80. The highest BCUT2D eigenvalue weighted by Crippen LogP contribution is 2.51. The maximum absolute atomic E-state index is 5.96. The van der Waals surface area contributed by atoms with E-state index >= 15 is 0 Å². The molecule has 0 aromatic heterocycles. The first-order valence-corrected chi connectivity index (χ1v) is 10.3. The Bertz CT molecular complexity index is 293. The highest BCUT2D eigenvalue weighted by molar-refractivity contribution is 6.69. The second kappa shape index (κ2) is 5.15. The van der Waals surface area contributed by atoms with E-state index in [1.807, 2.05) is 6.26 Å². The molecule has 2 nitrogen and oxygen atoms in total. The summed E-state index contributed by atoms with van der Waals surface area (Å²) in [4.78, 5) is 0. The first-order chi connectivity index (χ1) is 7.99. The molecule has 0 N–H and O–H groups in total. The van der Waals surface area contributed by atoms with Gasteiger partial charge in [-0.05, 0) is 62.2 Å². The molecule has 0 heterocycles. The normalized spacial score (nSPS) is 33.2. The van der Waals surface area contributed by atoms with Gasteiger partial charge in [0.2, 0.25) is 8.32 Å². The molecule has 0 aromatic carbocycles. The molecule has 0 saturated heterocycles.